The third-order valence-electron chi connectivity index (χ3n) is 3.03. The quantitative estimate of drug-likeness (QED) is 0.866. The minimum Gasteiger partial charge on any atom is -0.330 e. The van der Waals surface area contributed by atoms with Gasteiger partial charge in [0.1, 0.15) is 5.82 Å². The first kappa shape index (κ1) is 11.9. The van der Waals surface area contributed by atoms with Gasteiger partial charge in [-0.3, -0.25) is 0 Å². The van der Waals surface area contributed by atoms with Gasteiger partial charge in [-0.1, -0.05) is 0 Å². The standard InChI is InChI=1S/C14H17FN2/c1-10-9-12(7-8-16)11(2)17(10)14-5-3-13(15)4-6-14/h3-6,9H,7-8,16H2,1-2H3. The molecule has 0 fully saturated rings. The lowest BCUT2D eigenvalue weighted by Crippen LogP contribution is -2.04. The first-order valence-corrected chi connectivity index (χ1v) is 5.77. The first-order chi connectivity index (χ1) is 8.13. The largest absolute Gasteiger partial charge is 0.330 e. The zero-order valence-electron chi connectivity index (χ0n) is 10.2. The summed E-state index contributed by atoms with van der Waals surface area (Å²) in [5, 5.41) is 0. The predicted molar refractivity (Wildman–Crippen MR) is 68.0 cm³/mol. The fraction of sp³-hybridized carbons (Fsp3) is 0.286. The van der Waals surface area contributed by atoms with Crippen molar-refractivity contribution in [1.29, 1.82) is 0 Å². The van der Waals surface area contributed by atoms with E-state index in [1.807, 2.05) is 0 Å². The van der Waals surface area contributed by atoms with Crippen molar-refractivity contribution in [3.05, 3.63) is 53.1 Å². The molecule has 0 radical (unpaired) electrons. The van der Waals surface area contributed by atoms with Crippen LogP contribution in [0, 0.1) is 19.7 Å². The summed E-state index contributed by atoms with van der Waals surface area (Å²) in [6.45, 7) is 4.77. The topological polar surface area (TPSA) is 30.9 Å². The molecule has 0 unspecified atom stereocenters. The Morgan fingerprint density at radius 2 is 1.82 bits per heavy atom. The Bertz CT molecular complexity index is 512. The molecule has 0 atom stereocenters. The molecule has 1 aromatic carbocycles. The third-order valence-corrected chi connectivity index (χ3v) is 3.03. The molecule has 0 amide bonds. The molecule has 0 spiro atoms. The summed E-state index contributed by atoms with van der Waals surface area (Å²) in [6.07, 6.45) is 0.876. The van der Waals surface area contributed by atoms with Crippen LogP contribution in [0.3, 0.4) is 0 Å². The van der Waals surface area contributed by atoms with Gasteiger partial charge < -0.3 is 10.3 Å². The summed E-state index contributed by atoms with van der Waals surface area (Å²) in [5.41, 5.74) is 10.2. The highest BCUT2D eigenvalue weighted by atomic mass is 19.1. The van der Waals surface area contributed by atoms with Crippen LogP contribution in [0.2, 0.25) is 0 Å². The number of aryl methyl sites for hydroxylation is 1. The van der Waals surface area contributed by atoms with E-state index in [9.17, 15) is 4.39 Å². The minimum absolute atomic E-state index is 0.210. The third kappa shape index (κ3) is 2.24. The summed E-state index contributed by atoms with van der Waals surface area (Å²) < 4.78 is 15.0. The molecule has 2 nitrogen and oxygen atoms in total. The van der Waals surface area contributed by atoms with Gasteiger partial charge in [0.05, 0.1) is 0 Å². The van der Waals surface area contributed by atoms with Crippen LogP contribution in [0.25, 0.3) is 5.69 Å². The van der Waals surface area contributed by atoms with Crippen LogP contribution >= 0.6 is 0 Å². The van der Waals surface area contributed by atoms with Gasteiger partial charge in [0, 0.05) is 17.1 Å². The highest BCUT2D eigenvalue weighted by Crippen LogP contribution is 2.21. The molecule has 17 heavy (non-hydrogen) atoms. The van der Waals surface area contributed by atoms with Crippen LogP contribution in [0.4, 0.5) is 4.39 Å². The van der Waals surface area contributed by atoms with Crippen molar-refractivity contribution in [3.8, 4) is 5.69 Å². The molecule has 0 saturated heterocycles. The summed E-state index contributed by atoms with van der Waals surface area (Å²) in [5.74, 6) is -0.210. The number of hydrogen-bond donors (Lipinski definition) is 1. The molecule has 0 aliphatic carbocycles. The van der Waals surface area contributed by atoms with Gasteiger partial charge in [0.25, 0.3) is 0 Å². The zero-order chi connectivity index (χ0) is 12.4. The molecule has 0 aliphatic rings. The van der Waals surface area contributed by atoms with E-state index in [1.54, 1.807) is 12.1 Å². The number of nitrogens with zero attached hydrogens (tertiary/aromatic N) is 1. The van der Waals surface area contributed by atoms with Gasteiger partial charge in [-0.05, 0) is 62.7 Å². The Hall–Kier alpha value is -1.61. The Labute approximate surface area is 101 Å². The van der Waals surface area contributed by atoms with E-state index in [-0.39, 0.29) is 5.82 Å². The number of rotatable bonds is 3. The summed E-state index contributed by atoms with van der Waals surface area (Å²) in [4.78, 5) is 0. The molecular formula is C14H17FN2. The molecule has 0 aliphatic heterocycles. The van der Waals surface area contributed by atoms with Gasteiger partial charge in [0.2, 0.25) is 0 Å². The van der Waals surface area contributed by atoms with Crippen LogP contribution in [0.1, 0.15) is 17.0 Å². The second-order valence-corrected chi connectivity index (χ2v) is 4.25. The van der Waals surface area contributed by atoms with E-state index in [0.29, 0.717) is 6.54 Å². The Balaban J connectivity index is 2.48. The number of benzene rings is 1. The average molecular weight is 232 g/mol. The predicted octanol–water partition coefficient (Wildman–Crippen LogP) is 2.73. The Morgan fingerprint density at radius 3 is 2.41 bits per heavy atom. The van der Waals surface area contributed by atoms with Gasteiger partial charge >= 0.3 is 0 Å². The van der Waals surface area contributed by atoms with E-state index in [0.717, 1.165) is 17.8 Å². The summed E-state index contributed by atoms with van der Waals surface area (Å²) in [6, 6.07) is 8.70. The van der Waals surface area contributed by atoms with E-state index in [4.69, 9.17) is 5.73 Å². The Kier molecular flexibility index (Phi) is 3.29. The van der Waals surface area contributed by atoms with E-state index < -0.39 is 0 Å². The number of halogens is 1. The van der Waals surface area contributed by atoms with Crippen LogP contribution in [0.15, 0.2) is 30.3 Å². The fourth-order valence-electron chi connectivity index (χ4n) is 2.23. The summed E-state index contributed by atoms with van der Waals surface area (Å²) in [7, 11) is 0. The lowest BCUT2D eigenvalue weighted by molar-refractivity contribution is 0.627. The number of hydrogen-bond acceptors (Lipinski definition) is 1. The normalized spacial score (nSPS) is 10.8. The van der Waals surface area contributed by atoms with Crippen molar-refractivity contribution in [3.63, 3.8) is 0 Å². The molecule has 2 aromatic rings. The Morgan fingerprint density at radius 1 is 1.18 bits per heavy atom. The first-order valence-electron chi connectivity index (χ1n) is 5.77. The lowest BCUT2D eigenvalue weighted by atomic mass is 10.2. The molecule has 1 aromatic heterocycles. The van der Waals surface area contributed by atoms with Crippen molar-refractivity contribution in [2.45, 2.75) is 20.3 Å². The van der Waals surface area contributed by atoms with E-state index in [1.165, 1.54) is 23.4 Å². The van der Waals surface area contributed by atoms with Gasteiger partial charge in [-0.15, -0.1) is 0 Å². The van der Waals surface area contributed by atoms with Gasteiger partial charge in [0.15, 0.2) is 0 Å². The second kappa shape index (κ2) is 4.72. The summed E-state index contributed by atoms with van der Waals surface area (Å²) >= 11 is 0. The molecular weight excluding hydrogens is 215 g/mol. The average Bonchev–Trinajstić information content (AvgIpc) is 2.57. The monoisotopic (exact) mass is 232 g/mol. The highest BCUT2D eigenvalue weighted by Gasteiger charge is 2.09. The zero-order valence-corrected chi connectivity index (χ0v) is 10.2. The molecule has 2 N–H and O–H groups in total. The number of nitrogens with two attached hydrogens (primary N) is 1. The van der Waals surface area contributed by atoms with Crippen molar-refractivity contribution in [2.75, 3.05) is 6.54 Å². The van der Waals surface area contributed by atoms with Crippen molar-refractivity contribution in [2.24, 2.45) is 5.73 Å². The van der Waals surface area contributed by atoms with Gasteiger partial charge in [-0.25, -0.2) is 4.39 Å². The SMILES string of the molecule is Cc1cc(CCN)c(C)n1-c1ccc(F)cc1. The lowest BCUT2D eigenvalue weighted by Gasteiger charge is -2.09. The maximum Gasteiger partial charge on any atom is 0.123 e. The highest BCUT2D eigenvalue weighted by molar-refractivity contribution is 5.41. The van der Waals surface area contributed by atoms with Crippen molar-refractivity contribution >= 4 is 0 Å². The van der Waals surface area contributed by atoms with Crippen molar-refractivity contribution in [1.82, 2.24) is 4.57 Å². The van der Waals surface area contributed by atoms with Crippen LogP contribution in [-0.2, 0) is 6.42 Å². The molecule has 1 heterocycles. The fourth-order valence-corrected chi connectivity index (χ4v) is 2.23. The van der Waals surface area contributed by atoms with Crippen LogP contribution in [-0.4, -0.2) is 11.1 Å². The minimum atomic E-state index is -0.210. The molecule has 3 heteroatoms. The van der Waals surface area contributed by atoms with Crippen LogP contribution in [0.5, 0.6) is 0 Å². The van der Waals surface area contributed by atoms with Gasteiger partial charge in [-0.2, -0.15) is 0 Å². The van der Waals surface area contributed by atoms with Crippen molar-refractivity contribution < 1.29 is 4.39 Å². The smallest absolute Gasteiger partial charge is 0.123 e. The second-order valence-electron chi connectivity index (χ2n) is 4.25. The maximum atomic E-state index is 12.9. The maximum absolute atomic E-state index is 12.9. The molecule has 2 rings (SSSR count). The van der Waals surface area contributed by atoms with E-state index >= 15 is 0 Å². The van der Waals surface area contributed by atoms with Crippen LogP contribution < -0.4 is 5.73 Å². The molecule has 0 saturated carbocycles. The van der Waals surface area contributed by atoms with E-state index in [2.05, 4.69) is 24.5 Å². The molecule has 0 bridgehead atoms. The molecule has 90 valence electrons. The number of aromatic nitrogens is 1.